The van der Waals surface area contributed by atoms with E-state index in [9.17, 15) is 0 Å². The standard InChI is InChI=1S/C6H5Cl2N/c7-5-3-1-2-4-9-6(5)8/h1-4,9H. The molecule has 0 saturated heterocycles. The van der Waals surface area contributed by atoms with Crippen molar-refractivity contribution in [1.82, 2.24) is 5.32 Å². The first-order chi connectivity index (χ1) is 4.30. The molecule has 1 nitrogen and oxygen atoms in total. The summed E-state index contributed by atoms with van der Waals surface area (Å²) in [7, 11) is 0. The van der Waals surface area contributed by atoms with Crippen molar-refractivity contribution in [1.29, 1.82) is 0 Å². The highest BCUT2D eigenvalue weighted by molar-refractivity contribution is 6.40. The van der Waals surface area contributed by atoms with Gasteiger partial charge in [0.2, 0.25) is 0 Å². The van der Waals surface area contributed by atoms with Crippen LogP contribution in [0, 0.1) is 0 Å². The molecule has 0 bridgehead atoms. The summed E-state index contributed by atoms with van der Waals surface area (Å²) in [5, 5.41) is 3.75. The second-order valence-electron chi connectivity index (χ2n) is 1.52. The zero-order valence-corrected chi connectivity index (χ0v) is 6.08. The van der Waals surface area contributed by atoms with Crippen LogP contribution in [-0.4, -0.2) is 0 Å². The third-order valence-electron chi connectivity index (χ3n) is 0.870. The molecule has 1 rings (SSSR count). The summed E-state index contributed by atoms with van der Waals surface area (Å²) in [5.74, 6) is 0. The summed E-state index contributed by atoms with van der Waals surface area (Å²) >= 11 is 11.2. The van der Waals surface area contributed by atoms with Gasteiger partial charge in [-0.1, -0.05) is 29.3 Å². The molecule has 1 aliphatic heterocycles. The molecule has 0 spiro atoms. The molecule has 3 heteroatoms. The molecule has 0 aromatic carbocycles. The van der Waals surface area contributed by atoms with Crippen LogP contribution in [0.1, 0.15) is 0 Å². The molecule has 1 aliphatic rings. The lowest BCUT2D eigenvalue weighted by molar-refractivity contribution is 1.16. The molecule has 0 radical (unpaired) electrons. The number of hydrogen-bond donors (Lipinski definition) is 1. The van der Waals surface area contributed by atoms with Crippen molar-refractivity contribution in [2.45, 2.75) is 0 Å². The van der Waals surface area contributed by atoms with Crippen LogP contribution in [0.15, 0.2) is 34.6 Å². The van der Waals surface area contributed by atoms with Crippen LogP contribution in [0.3, 0.4) is 0 Å². The zero-order valence-electron chi connectivity index (χ0n) is 4.57. The average Bonchev–Trinajstić information content (AvgIpc) is 1.99. The van der Waals surface area contributed by atoms with Crippen molar-refractivity contribution in [2.75, 3.05) is 0 Å². The van der Waals surface area contributed by atoms with Crippen molar-refractivity contribution in [3.63, 3.8) is 0 Å². The van der Waals surface area contributed by atoms with E-state index in [4.69, 9.17) is 23.2 Å². The molecular weight excluding hydrogens is 157 g/mol. The Kier molecular flexibility index (Phi) is 2.20. The Hall–Kier alpha value is -0.400. The smallest absolute Gasteiger partial charge is 0.125 e. The monoisotopic (exact) mass is 161 g/mol. The van der Waals surface area contributed by atoms with Gasteiger partial charge in [0.1, 0.15) is 5.16 Å². The second-order valence-corrected chi connectivity index (χ2v) is 2.31. The van der Waals surface area contributed by atoms with Gasteiger partial charge >= 0.3 is 0 Å². The SMILES string of the molecule is ClC1=C(Cl)NC=CC=C1. The number of allylic oxidation sites excluding steroid dienone is 4. The van der Waals surface area contributed by atoms with E-state index in [0.29, 0.717) is 10.2 Å². The second kappa shape index (κ2) is 2.95. The van der Waals surface area contributed by atoms with Crippen LogP contribution >= 0.6 is 23.2 Å². The fraction of sp³-hybridized carbons (Fsp3) is 0. The highest BCUT2D eigenvalue weighted by Crippen LogP contribution is 2.13. The van der Waals surface area contributed by atoms with E-state index in [-0.39, 0.29) is 0 Å². The van der Waals surface area contributed by atoms with Crippen LogP contribution in [0.2, 0.25) is 0 Å². The van der Waals surface area contributed by atoms with Gasteiger partial charge < -0.3 is 5.32 Å². The van der Waals surface area contributed by atoms with E-state index >= 15 is 0 Å². The highest BCUT2D eigenvalue weighted by atomic mass is 35.5. The molecule has 1 heterocycles. The van der Waals surface area contributed by atoms with Crippen LogP contribution in [0.5, 0.6) is 0 Å². The topological polar surface area (TPSA) is 12.0 Å². The van der Waals surface area contributed by atoms with Crippen LogP contribution in [-0.2, 0) is 0 Å². The van der Waals surface area contributed by atoms with Crippen LogP contribution in [0.4, 0.5) is 0 Å². The lowest BCUT2D eigenvalue weighted by atomic mass is 10.5. The van der Waals surface area contributed by atoms with Gasteiger partial charge in [-0.2, -0.15) is 0 Å². The number of rotatable bonds is 0. The van der Waals surface area contributed by atoms with E-state index in [0.717, 1.165) is 0 Å². The molecule has 0 unspecified atom stereocenters. The fourth-order valence-electron chi connectivity index (χ4n) is 0.459. The van der Waals surface area contributed by atoms with Gasteiger partial charge in [-0.25, -0.2) is 0 Å². The average molecular weight is 162 g/mol. The van der Waals surface area contributed by atoms with Crippen molar-refractivity contribution >= 4 is 23.2 Å². The van der Waals surface area contributed by atoms with Gasteiger partial charge in [0.05, 0.1) is 5.03 Å². The maximum absolute atomic E-state index is 5.63. The number of nitrogens with one attached hydrogen (secondary N) is 1. The summed E-state index contributed by atoms with van der Waals surface area (Å²) in [6.45, 7) is 0. The Balaban J connectivity index is 2.85. The van der Waals surface area contributed by atoms with Crippen LogP contribution in [0.25, 0.3) is 0 Å². The predicted molar refractivity (Wildman–Crippen MR) is 40.1 cm³/mol. The minimum atomic E-state index is 0.460. The minimum Gasteiger partial charge on any atom is -0.351 e. The Morgan fingerprint density at radius 3 is 2.78 bits per heavy atom. The lowest BCUT2D eigenvalue weighted by Gasteiger charge is -1.94. The van der Waals surface area contributed by atoms with Crippen molar-refractivity contribution in [3.05, 3.63) is 34.6 Å². The number of halogens is 2. The van der Waals surface area contributed by atoms with E-state index in [1.54, 1.807) is 12.3 Å². The minimum absolute atomic E-state index is 0.460. The normalized spacial score (nSPS) is 17.6. The molecule has 0 aromatic heterocycles. The molecule has 0 atom stereocenters. The summed E-state index contributed by atoms with van der Waals surface area (Å²) in [4.78, 5) is 0. The highest BCUT2D eigenvalue weighted by Gasteiger charge is 1.95. The first kappa shape index (κ1) is 6.72. The number of hydrogen-bond acceptors (Lipinski definition) is 1. The molecular formula is C6H5Cl2N. The summed E-state index contributed by atoms with van der Waals surface area (Å²) in [5.41, 5.74) is 0. The zero-order chi connectivity index (χ0) is 6.69. The molecule has 0 saturated carbocycles. The summed E-state index contributed by atoms with van der Waals surface area (Å²) in [6, 6.07) is 0. The van der Waals surface area contributed by atoms with Gasteiger partial charge in [-0.3, -0.25) is 0 Å². The first-order valence-corrected chi connectivity index (χ1v) is 3.21. The third-order valence-corrected chi connectivity index (χ3v) is 1.59. The van der Waals surface area contributed by atoms with E-state index in [1.807, 2.05) is 12.2 Å². The molecule has 0 amide bonds. The van der Waals surface area contributed by atoms with Gasteiger partial charge in [0, 0.05) is 6.20 Å². The largest absolute Gasteiger partial charge is 0.351 e. The van der Waals surface area contributed by atoms with E-state index in [2.05, 4.69) is 5.32 Å². The maximum atomic E-state index is 5.63. The predicted octanol–water partition coefficient (Wildman–Crippen LogP) is 2.31. The summed E-state index contributed by atoms with van der Waals surface area (Å²) in [6.07, 6.45) is 7.07. The molecule has 9 heavy (non-hydrogen) atoms. The van der Waals surface area contributed by atoms with Gasteiger partial charge in [-0.15, -0.1) is 0 Å². The van der Waals surface area contributed by atoms with Crippen molar-refractivity contribution in [2.24, 2.45) is 0 Å². The molecule has 48 valence electrons. The van der Waals surface area contributed by atoms with Crippen molar-refractivity contribution in [3.8, 4) is 0 Å². The Labute approximate surface area is 63.6 Å². The Bertz CT molecular complexity index is 191. The fourth-order valence-corrected chi connectivity index (χ4v) is 0.712. The quantitative estimate of drug-likeness (QED) is 0.539. The first-order valence-electron chi connectivity index (χ1n) is 2.46. The molecule has 0 aromatic rings. The van der Waals surface area contributed by atoms with E-state index < -0.39 is 0 Å². The van der Waals surface area contributed by atoms with Crippen molar-refractivity contribution < 1.29 is 0 Å². The van der Waals surface area contributed by atoms with E-state index in [1.165, 1.54) is 0 Å². The molecule has 1 N–H and O–H groups in total. The van der Waals surface area contributed by atoms with Gasteiger partial charge in [0.15, 0.2) is 0 Å². The molecule has 0 fully saturated rings. The van der Waals surface area contributed by atoms with Gasteiger partial charge in [0.25, 0.3) is 0 Å². The lowest BCUT2D eigenvalue weighted by Crippen LogP contribution is -1.97. The maximum Gasteiger partial charge on any atom is 0.125 e. The third kappa shape index (κ3) is 1.77. The Morgan fingerprint density at radius 2 is 2.00 bits per heavy atom. The summed E-state index contributed by atoms with van der Waals surface area (Å²) < 4.78 is 0. The Morgan fingerprint density at radius 1 is 1.22 bits per heavy atom. The van der Waals surface area contributed by atoms with Gasteiger partial charge in [-0.05, 0) is 12.2 Å². The molecule has 0 aliphatic carbocycles. The van der Waals surface area contributed by atoms with Crippen LogP contribution < -0.4 is 5.32 Å².